The van der Waals surface area contributed by atoms with Crippen molar-refractivity contribution in [1.29, 1.82) is 0 Å². The molecule has 21 heavy (non-hydrogen) atoms. The SMILES string of the molecule is CCn1c(CNc2cc(C)ccc2Br)nc2ccccc21. The molecule has 0 aliphatic heterocycles. The second kappa shape index (κ2) is 5.90. The molecule has 108 valence electrons. The maximum Gasteiger partial charge on any atom is 0.129 e. The summed E-state index contributed by atoms with van der Waals surface area (Å²) in [6.07, 6.45) is 0. The first-order valence-electron chi connectivity index (χ1n) is 7.13. The Morgan fingerprint density at radius 2 is 2.00 bits per heavy atom. The Balaban J connectivity index is 1.89. The first kappa shape index (κ1) is 14.1. The normalized spacial score (nSPS) is 11.0. The van der Waals surface area contributed by atoms with Crippen molar-refractivity contribution in [2.24, 2.45) is 0 Å². The first-order chi connectivity index (χ1) is 10.2. The van der Waals surface area contributed by atoms with Crippen LogP contribution in [0.3, 0.4) is 0 Å². The van der Waals surface area contributed by atoms with Crippen LogP contribution in [0.15, 0.2) is 46.9 Å². The van der Waals surface area contributed by atoms with E-state index in [1.807, 2.05) is 6.07 Å². The van der Waals surface area contributed by atoms with E-state index in [1.165, 1.54) is 11.1 Å². The fourth-order valence-electron chi connectivity index (χ4n) is 2.56. The van der Waals surface area contributed by atoms with Crippen molar-refractivity contribution in [2.45, 2.75) is 26.9 Å². The van der Waals surface area contributed by atoms with E-state index in [4.69, 9.17) is 4.98 Å². The third-order valence-corrected chi connectivity index (χ3v) is 4.30. The summed E-state index contributed by atoms with van der Waals surface area (Å²) in [5, 5.41) is 3.48. The van der Waals surface area contributed by atoms with Gasteiger partial charge in [0.1, 0.15) is 5.82 Å². The van der Waals surface area contributed by atoms with E-state index in [9.17, 15) is 0 Å². The van der Waals surface area contributed by atoms with Gasteiger partial charge in [-0.2, -0.15) is 0 Å². The number of para-hydroxylation sites is 2. The van der Waals surface area contributed by atoms with E-state index in [2.05, 4.69) is 76.1 Å². The molecule has 0 saturated heterocycles. The summed E-state index contributed by atoms with van der Waals surface area (Å²) in [4.78, 5) is 4.74. The lowest BCUT2D eigenvalue weighted by Gasteiger charge is -2.10. The minimum Gasteiger partial charge on any atom is -0.377 e. The van der Waals surface area contributed by atoms with E-state index in [0.717, 1.165) is 28.0 Å². The first-order valence-corrected chi connectivity index (χ1v) is 7.92. The van der Waals surface area contributed by atoms with E-state index in [-0.39, 0.29) is 0 Å². The number of aromatic nitrogens is 2. The Morgan fingerprint density at radius 1 is 1.19 bits per heavy atom. The molecular weight excluding hydrogens is 326 g/mol. The molecule has 0 fully saturated rings. The molecule has 3 rings (SSSR count). The fourth-order valence-corrected chi connectivity index (χ4v) is 2.95. The molecule has 0 atom stereocenters. The van der Waals surface area contributed by atoms with Gasteiger partial charge in [-0.15, -0.1) is 0 Å². The highest BCUT2D eigenvalue weighted by atomic mass is 79.9. The van der Waals surface area contributed by atoms with Gasteiger partial charge in [0, 0.05) is 16.7 Å². The zero-order valence-corrected chi connectivity index (χ0v) is 13.8. The summed E-state index contributed by atoms with van der Waals surface area (Å²) in [7, 11) is 0. The minimum atomic E-state index is 0.713. The summed E-state index contributed by atoms with van der Waals surface area (Å²) >= 11 is 3.58. The van der Waals surface area contributed by atoms with Gasteiger partial charge in [-0.3, -0.25) is 0 Å². The Morgan fingerprint density at radius 3 is 2.81 bits per heavy atom. The van der Waals surface area contributed by atoms with E-state index in [1.54, 1.807) is 0 Å². The predicted octanol–water partition coefficient (Wildman–Crippen LogP) is 4.74. The third-order valence-electron chi connectivity index (χ3n) is 3.61. The fraction of sp³-hybridized carbons (Fsp3) is 0.235. The van der Waals surface area contributed by atoms with Gasteiger partial charge in [0.15, 0.2) is 0 Å². The lowest BCUT2D eigenvalue weighted by atomic mass is 10.2. The average molecular weight is 344 g/mol. The smallest absolute Gasteiger partial charge is 0.129 e. The maximum absolute atomic E-state index is 4.74. The van der Waals surface area contributed by atoms with Crippen molar-refractivity contribution in [1.82, 2.24) is 9.55 Å². The van der Waals surface area contributed by atoms with Gasteiger partial charge in [-0.05, 0) is 59.6 Å². The lowest BCUT2D eigenvalue weighted by molar-refractivity contribution is 0.729. The number of halogens is 1. The minimum absolute atomic E-state index is 0.713. The van der Waals surface area contributed by atoms with Gasteiger partial charge in [0.2, 0.25) is 0 Å². The maximum atomic E-state index is 4.74. The molecule has 1 aromatic heterocycles. The molecule has 1 N–H and O–H groups in total. The topological polar surface area (TPSA) is 29.9 Å². The van der Waals surface area contributed by atoms with Gasteiger partial charge in [-0.25, -0.2) is 4.98 Å². The number of rotatable bonds is 4. The van der Waals surface area contributed by atoms with Crippen LogP contribution in [0.5, 0.6) is 0 Å². The van der Waals surface area contributed by atoms with Crippen LogP contribution < -0.4 is 5.32 Å². The Hall–Kier alpha value is -1.81. The van der Waals surface area contributed by atoms with E-state index >= 15 is 0 Å². The Bertz CT molecular complexity index is 777. The highest BCUT2D eigenvalue weighted by Gasteiger charge is 2.09. The molecule has 0 saturated carbocycles. The van der Waals surface area contributed by atoms with Crippen LogP contribution in [0.25, 0.3) is 11.0 Å². The van der Waals surface area contributed by atoms with Crippen molar-refractivity contribution >= 4 is 32.7 Å². The van der Waals surface area contributed by atoms with Gasteiger partial charge < -0.3 is 9.88 Å². The predicted molar refractivity (Wildman–Crippen MR) is 91.6 cm³/mol. The molecule has 0 unspecified atom stereocenters. The molecule has 0 amide bonds. The van der Waals surface area contributed by atoms with E-state index < -0.39 is 0 Å². The van der Waals surface area contributed by atoms with Crippen LogP contribution in [0.1, 0.15) is 18.3 Å². The van der Waals surface area contributed by atoms with Crippen LogP contribution in [0.2, 0.25) is 0 Å². The highest BCUT2D eigenvalue weighted by molar-refractivity contribution is 9.10. The van der Waals surface area contributed by atoms with Gasteiger partial charge in [0.25, 0.3) is 0 Å². The number of hydrogen-bond donors (Lipinski definition) is 1. The number of aryl methyl sites for hydroxylation is 2. The third kappa shape index (κ3) is 2.81. The van der Waals surface area contributed by atoms with Crippen LogP contribution in [0, 0.1) is 6.92 Å². The van der Waals surface area contributed by atoms with Crippen LogP contribution >= 0.6 is 15.9 Å². The summed E-state index contributed by atoms with van der Waals surface area (Å²) in [6.45, 7) is 5.89. The summed E-state index contributed by atoms with van der Waals surface area (Å²) in [6, 6.07) is 14.6. The molecule has 0 spiro atoms. The monoisotopic (exact) mass is 343 g/mol. The lowest BCUT2D eigenvalue weighted by Crippen LogP contribution is -2.08. The summed E-state index contributed by atoms with van der Waals surface area (Å²) in [5.41, 5.74) is 4.59. The molecule has 3 aromatic rings. The van der Waals surface area contributed by atoms with Crippen LogP contribution in [0.4, 0.5) is 5.69 Å². The highest BCUT2D eigenvalue weighted by Crippen LogP contribution is 2.24. The zero-order chi connectivity index (χ0) is 14.8. The molecule has 0 radical (unpaired) electrons. The average Bonchev–Trinajstić information content (AvgIpc) is 2.85. The van der Waals surface area contributed by atoms with Crippen molar-refractivity contribution in [3.8, 4) is 0 Å². The number of hydrogen-bond acceptors (Lipinski definition) is 2. The standard InChI is InChI=1S/C17H18BrN3/c1-3-21-16-7-5-4-6-14(16)20-17(21)11-19-15-10-12(2)8-9-13(15)18/h4-10,19H,3,11H2,1-2H3. The second-order valence-corrected chi connectivity index (χ2v) is 5.95. The Labute approximate surface area is 133 Å². The van der Waals surface area contributed by atoms with Crippen molar-refractivity contribution in [2.75, 3.05) is 5.32 Å². The largest absolute Gasteiger partial charge is 0.377 e. The number of nitrogens with one attached hydrogen (secondary N) is 1. The molecular formula is C17H18BrN3. The number of anilines is 1. The molecule has 0 aliphatic carbocycles. The number of fused-ring (bicyclic) bond motifs is 1. The molecule has 2 aromatic carbocycles. The van der Waals surface area contributed by atoms with Gasteiger partial charge >= 0.3 is 0 Å². The summed E-state index contributed by atoms with van der Waals surface area (Å²) in [5.74, 6) is 1.06. The molecule has 3 nitrogen and oxygen atoms in total. The van der Waals surface area contributed by atoms with Crippen molar-refractivity contribution in [3.05, 3.63) is 58.3 Å². The summed E-state index contributed by atoms with van der Waals surface area (Å²) < 4.78 is 3.33. The van der Waals surface area contributed by atoms with Crippen LogP contribution in [-0.2, 0) is 13.1 Å². The molecule has 1 heterocycles. The molecule has 0 bridgehead atoms. The molecule has 0 aliphatic rings. The quantitative estimate of drug-likeness (QED) is 0.741. The van der Waals surface area contributed by atoms with Gasteiger partial charge in [0.05, 0.1) is 17.6 Å². The van der Waals surface area contributed by atoms with Crippen LogP contribution in [-0.4, -0.2) is 9.55 Å². The zero-order valence-electron chi connectivity index (χ0n) is 12.2. The number of nitrogens with zero attached hydrogens (tertiary/aromatic N) is 2. The Kier molecular flexibility index (Phi) is 3.97. The number of imidazole rings is 1. The van der Waals surface area contributed by atoms with E-state index in [0.29, 0.717) is 6.54 Å². The number of benzene rings is 2. The van der Waals surface area contributed by atoms with Crippen molar-refractivity contribution in [3.63, 3.8) is 0 Å². The van der Waals surface area contributed by atoms with Gasteiger partial charge in [-0.1, -0.05) is 18.2 Å². The van der Waals surface area contributed by atoms with Crippen molar-refractivity contribution < 1.29 is 0 Å². The second-order valence-electron chi connectivity index (χ2n) is 5.10. The molecule has 4 heteroatoms.